The number of methoxy groups -OCH3 is 1. The van der Waals surface area contributed by atoms with E-state index in [1.54, 1.807) is 7.11 Å². The molecule has 0 amide bonds. The van der Waals surface area contributed by atoms with E-state index < -0.39 is 0 Å². The molecule has 1 aromatic rings. The Morgan fingerprint density at radius 2 is 2.20 bits per heavy atom. The number of nitrogens with zero attached hydrogens (tertiary/aromatic N) is 2. The van der Waals surface area contributed by atoms with Gasteiger partial charge < -0.3 is 14.6 Å². The van der Waals surface area contributed by atoms with Crippen molar-refractivity contribution in [3.63, 3.8) is 0 Å². The summed E-state index contributed by atoms with van der Waals surface area (Å²) in [7, 11) is 1.66. The van der Waals surface area contributed by atoms with Crippen LogP contribution in [0.4, 0.5) is 0 Å². The van der Waals surface area contributed by atoms with Gasteiger partial charge >= 0.3 is 0 Å². The van der Waals surface area contributed by atoms with Gasteiger partial charge in [-0.3, -0.25) is 0 Å². The fraction of sp³-hybridized carbons (Fsp3) is 0.800. The van der Waals surface area contributed by atoms with Crippen molar-refractivity contribution >= 4 is 0 Å². The largest absolute Gasteiger partial charge is 0.373 e. The van der Waals surface area contributed by atoms with Crippen LogP contribution in [0.3, 0.4) is 0 Å². The van der Waals surface area contributed by atoms with Crippen molar-refractivity contribution < 1.29 is 9.26 Å². The molecule has 0 aromatic carbocycles. The van der Waals surface area contributed by atoms with Crippen molar-refractivity contribution in [2.75, 3.05) is 13.7 Å². The normalized spacial score (nSPS) is 13.4. The van der Waals surface area contributed by atoms with Gasteiger partial charge in [-0.15, -0.1) is 0 Å². The van der Waals surface area contributed by atoms with E-state index in [1.807, 2.05) is 6.92 Å². The molecule has 0 aliphatic heterocycles. The van der Waals surface area contributed by atoms with E-state index in [4.69, 9.17) is 9.26 Å². The summed E-state index contributed by atoms with van der Waals surface area (Å²) in [6.07, 6.45) is -0.0934. The van der Waals surface area contributed by atoms with Gasteiger partial charge in [-0.1, -0.05) is 25.9 Å². The van der Waals surface area contributed by atoms with Crippen LogP contribution < -0.4 is 5.32 Å². The van der Waals surface area contributed by atoms with Crippen LogP contribution in [-0.4, -0.2) is 23.8 Å². The van der Waals surface area contributed by atoms with E-state index in [2.05, 4.69) is 29.3 Å². The van der Waals surface area contributed by atoms with E-state index in [-0.39, 0.29) is 6.10 Å². The lowest BCUT2D eigenvalue weighted by atomic mass is 10.1. The minimum atomic E-state index is -0.0934. The Kier molecular flexibility index (Phi) is 4.71. The van der Waals surface area contributed by atoms with E-state index in [9.17, 15) is 0 Å². The third-order valence-corrected chi connectivity index (χ3v) is 2.12. The fourth-order valence-corrected chi connectivity index (χ4v) is 1.36. The Bertz CT molecular complexity index is 286. The van der Waals surface area contributed by atoms with Gasteiger partial charge in [0.15, 0.2) is 0 Å². The molecular formula is C10H19N3O2. The maximum Gasteiger partial charge on any atom is 0.240 e. The lowest BCUT2D eigenvalue weighted by molar-refractivity contribution is 0.0555. The first-order valence-electron chi connectivity index (χ1n) is 5.25. The zero-order chi connectivity index (χ0) is 11.3. The lowest BCUT2D eigenvalue weighted by Crippen LogP contribution is -2.13. The Hall–Kier alpha value is -0.940. The highest BCUT2D eigenvalue weighted by Crippen LogP contribution is 2.21. The van der Waals surface area contributed by atoms with Crippen LogP contribution in [0.2, 0.25) is 0 Å². The summed E-state index contributed by atoms with van der Waals surface area (Å²) in [5, 5.41) is 7.04. The molecule has 0 radical (unpaired) electrons. The highest BCUT2D eigenvalue weighted by molar-refractivity contribution is 4.92. The van der Waals surface area contributed by atoms with Crippen LogP contribution in [0.1, 0.15) is 38.6 Å². The van der Waals surface area contributed by atoms with Gasteiger partial charge in [-0.05, 0) is 12.5 Å². The van der Waals surface area contributed by atoms with Gasteiger partial charge in [-0.25, -0.2) is 0 Å². The van der Waals surface area contributed by atoms with E-state index in [0.29, 0.717) is 24.2 Å². The summed E-state index contributed by atoms with van der Waals surface area (Å²) in [5.41, 5.74) is 0. The molecule has 0 fully saturated rings. The molecule has 0 aliphatic carbocycles. The second-order valence-corrected chi connectivity index (χ2v) is 3.73. The average molecular weight is 213 g/mol. The minimum Gasteiger partial charge on any atom is -0.373 e. The van der Waals surface area contributed by atoms with Crippen molar-refractivity contribution in [3.8, 4) is 0 Å². The van der Waals surface area contributed by atoms with Gasteiger partial charge in [0.25, 0.3) is 0 Å². The Morgan fingerprint density at radius 1 is 1.47 bits per heavy atom. The zero-order valence-electron chi connectivity index (χ0n) is 9.78. The summed E-state index contributed by atoms with van der Waals surface area (Å²) in [6, 6.07) is 0. The molecular weight excluding hydrogens is 194 g/mol. The summed E-state index contributed by atoms with van der Waals surface area (Å²) in [5.74, 6) is 1.56. The summed E-state index contributed by atoms with van der Waals surface area (Å²) < 4.78 is 10.4. The first-order chi connectivity index (χ1) is 7.19. The molecule has 0 spiro atoms. The molecule has 0 saturated carbocycles. The number of rotatable bonds is 6. The van der Waals surface area contributed by atoms with Crippen LogP contribution in [0.15, 0.2) is 4.52 Å². The quantitative estimate of drug-likeness (QED) is 0.776. The number of ether oxygens (including phenoxy) is 1. The Balaban J connectivity index is 2.65. The molecule has 15 heavy (non-hydrogen) atoms. The van der Waals surface area contributed by atoms with Gasteiger partial charge in [0.2, 0.25) is 11.7 Å². The molecule has 5 heteroatoms. The first kappa shape index (κ1) is 12.1. The summed E-state index contributed by atoms with van der Waals surface area (Å²) >= 11 is 0. The number of hydrogen-bond acceptors (Lipinski definition) is 5. The van der Waals surface area contributed by atoms with Crippen LogP contribution in [0, 0.1) is 5.92 Å². The molecule has 0 bridgehead atoms. The number of nitrogens with one attached hydrogen (secondary N) is 1. The van der Waals surface area contributed by atoms with Crippen molar-refractivity contribution in [1.29, 1.82) is 0 Å². The average Bonchev–Trinajstić information content (AvgIpc) is 2.64. The van der Waals surface area contributed by atoms with Crippen LogP contribution in [-0.2, 0) is 11.3 Å². The molecule has 1 aromatic heterocycles. The predicted octanol–water partition coefficient (Wildman–Crippen LogP) is 1.52. The van der Waals surface area contributed by atoms with Crippen LogP contribution >= 0.6 is 0 Å². The molecule has 5 nitrogen and oxygen atoms in total. The standard InChI is InChI=1S/C10H19N3O2/c1-5-11-6-8-12-10(13-15-8)9(14-4)7(2)3/h7,9,11H,5-6H2,1-4H3. The molecule has 1 rings (SSSR count). The Labute approximate surface area is 90.2 Å². The first-order valence-corrected chi connectivity index (χ1v) is 5.25. The fourth-order valence-electron chi connectivity index (χ4n) is 1.36. The second-order valence-electron chi connectivity index (χ2n) is 3.73. The molecule has 1 heterocycles. The SMILES string of the molecule is CCNCc1nc(C(OC)C(C)C)no1. The van der Waals surface area contributed by atoms with Gasteiger partial charge in [-0.2, -0.15) is 4.98 Å². The van der Waals surface area contributed by atoms with Crippen molar-refractivity contribution in [2.24, 2.45) is 5.92 Å². The summed E-state index contributed by atoms with van der Waals surface area (Å²) in [4.78, 5) is 4.27. The van der Waals surface area contributed by atoms with E-state index >= 15 is 0 Å². The summed E-state index contributed by atoms with van der Waals surface area (Å²) in [6.45, 7) is 7.65. The number of aromatic nitrogens is 2. The minimum absolute atomic E-state index is 0.0934. The van der Waals surface area contributed by atoms with Gasteiger partial charge in [0.1, 0.15) is 6.10 Å². The lowest BCUT2D eigenvalue weighted by Gasteiger charge is -2.14. The molecule has 0 saturated heterocycles. The molecule has 1 atom stereocenters. The van der Waals surface area contributed by atoms with Gasteiger partial charge in [0, 0.05) is 7.11 Å². The molecule has 1 unspecified atom stereocenters. The molecule has 86 valence electrons. The molecule has 1 N–H and O–H groups in total. The Morgan fingerprint density at radius 3 is 2.73 bits per heavy atom. The van der Waals surface area contributed by atoms with E-state index in [1.165, 1.54) is 0 Å². The van der Waals surface area contributed by atoms with Crippen LogP contribution in [0.5, 0.6) is 0 Å². The third kappa shape index (κ3) is 3.28. The topological polar surface area (TPSA) is 60.2 Å². The smallest absolute Gasteiger partial charge is 0.240 e. The number of hydrogen-bond donors (Lipinski definition) is 1. The second kappa shape index (κ2) is 5.82. The van der Waals surface area contributed by atoms with Crippen molar-refractivity contribution in [3.05, 3.63) is 11.7 Å². The monoisotopic (exact) mass is 213 g/mol. The van der Waals surface area contributed by atoms with Gasteiger partial charge in [0.05, 0.1) is 6.54 Å². The molecule has 0 aliphatic rings. The maximum atomic E-state index is 5.31. The highest BCUT2D eigenvalue weighted by atomic mass is 16.5. The maximum absolute atomic E-state index is 5.31. The van der Waals surface area contributed by atoms with Crippen molar-refractivity contribution in [2.45, 2.75) is 33.4 Å². The zero-order valence-corrected chi connectivity index (χ0v) is 9.78. The van der Waals surface area contributed by atoms with E-state index in [0.717, 1.165) is 6.54 Å². The predicted molar refractivity (Wildman–Crippen MR) is 56.3 cm³/mol. The van der Waals surface area contributed by atoms with Crippen LogP contribution in [0.25, 0.3) is 0 Å². The third-order valence-electron chi connectivity index (χ3n) is 2.12. The highest BCUT2D eigenvalue weighted by Gasteiger charge is 2.20. The van der Waals surface area contributed by atoms with Crippen molar-refractivity contribution in [1.82, 2.24) is 15.5 Å².